The summed E-state index contributed by atoms with van der Waals surface area (Å²) in [6.07, 6.45) is -4.05. The summed E-state index contributed by atoms with van der Waals surface area (Å²) < 4.78 is 69.9. The Labute approximate surface area is 194 Å². The van der Waals surface area contributed by atoms with Crippen molar-refractivity contribution in [2.45, 2.75) is 43.7 Å². The lowest BCUT2D eigenvalue weighted by molar-refractivity contribution is -0.189. The zero-order chi connectivity index (χ0) is 24.7. The van der Waals surface area contributed by atoms with Crippen LogP contribution in [0.25, 0.3) is 0 Å². The number of amides is 1. The maximum atomic E-state index is 13.3. The van der Waals surface area contributed by atoms with E-state index in [0.29, 0.717) is 12.2 Å². The molecule has 2 aromatic carbocycles. The van der Waals surface area contributed by atoms with Crippen molar-refractivity contribution in [1.82, 2.24) is 14.7 Å². The number of carbonyl (C=O) groups is 1. The molecule has 2 heterocycles. The van der Waals surface area contributed by atoms with Crippen LogP contribution in [0.1, 0.15) is 34.1 Å². The van der Waals surface area contributed by atoms with E-state index in [2.05, 4.69) is 5.10 Å². The molecule has 34 heavy (non-hydrogen) atoms. The molecule has 0 bridgehead atoms. The van der Waals surface area contributed by atoms with Crippen LogP contribution in [-0.2, 0) is 29.5 Å². The van der Waals surface area contributed by atoms with E-state index in [1.54, 1.807) is 4.68 Å². The Hall–Kier alpha value is -3.34. The molecule has 4 rings (SSSR count). The van der Waals surface area contributed by atoms with E-state index in [0.717, 1.165) is 42.5 Å². The number of hydrogen-bond acceptors (Lipinski definition) is 5. The van der Waals surface area contributed by atoms with Gasteiger partial charge in [-0.25, -0.2) is 8.42 Å². The zero-order valence-corrected chi connectivity index (χ0v) is 19.2. The van der Waals surface area contributed by atoms with Gasteiger partial charge in [0.25, 0.3) is 5.91 Å². The Morgan fingerprint density at radius 1 is 1.15 bits per heavy atom. The topological polar surface area (TPSA) is 81.5 Å². The maximum Gasteiger partial charge on any atom is 0.425 e. The minimum Gasteiger partial charge on any atom is -0.480 e. The summed E-state index contributed by atoms with van der Waals surface area (Å²) in [5.41, 5.74) is 2.31. The standard InChI is InChI=1S/C23H22F3N3O4S/c1-15(23(24,25)26)33-21-9-8-18(34(2,31)32)10-19(21)22(30)28-12-17-13-29(27-20(17)14-28)11-16-6-4-3-5-7-16/h3-10,13,15H,11-12,14H2,1-2H3/t15-/m0/s1. The fourth-order valence-corrected chi connectivity index (χ4v) is 4.29. The van der Waals surface area contributed by atoms with Crippen LogP contribution in [0.15, 0.2) is 59.6 Å². The number of halogens is 3. The predicted octanol–water partition coefficient (Wildman–Crippen LogP) is 3.82. The van der Waals surface area contributed by atoms with Crippen molar-refractivity contribution in [2.24, 2.45) is 0 Å². The highest BCUT2D eigenvalue weighted by Crippen LogP contribution is 2.32. The Kier molecular flexibility index (Phi) is 6.15. The van der Waals surface area contributed by atoms with Gasteiger partial charge >= 0.3 is 6.18 Å². The van der Waals surface area contributed by atoms with Crippen molar-refractivity contribution >= 4 is 15.7 Å². The SMILES string of the molecule is C[C@H](Oc1ccc(S(C)(=O)=O)cc1C(=O)N1Cc2cn(Cc3ccccc3)nc2C1)C(F)(F)F. The summed E-state index contributed by atoms with van der Waals surface area (Å²) in [4.78, 5) is 14.5. The first-order chi connectivity index (χ1) is 15.9. The number of ether oxygens (including phenoxy) is 1. The minimum absolute atomic E-state index is 0.146. The molecule has 1 aliphatic rings. The van der Waals surface area contributed by atoms with Gasteiger partial charge in [0.1, 0.15) is 5.75 Å². The number of alkyl halides is 3. The maximum absolute atomic E-state index is 13.3. The van der Waals surface area contributed by atoms with Crippen LogP contribution in [0.2, 0.25) is 0 Å². The number of sulfone groups is 1. The number of nitrogens with zero attached hydrogens (tertiary/aromatic N) is 3. The van der Waals surface area contributed by atoms with Gasteiger partial charge in [-0.05, 0) is 30.7 Å². The van der Waals surface area contributed by atoms with Crippen LogP contribution < -0.4 is 4.74 Å². The third kappa shape index (κ3) is 5.09. The third-order valence-electron chi connectivity index (χ3n) is 5.48. The Morgan fingerprint density at radius 3 is 2.47 bits per heavy atom. The summed E-state index contributed by atoms with van der Waals surface area (Å²) in [6, 6.07) is 13.0. The van der Waals surface area contributed by atoms with Crippen LogP contribution in [0.3, 0.4) is 0 Å². The fourth-order valence-electron chi connectivity index (χ4n) is 3.64. The number of aromatic nitrogens is 2. The molecule has 0 radical (unpaired) electrons. The van der Waals surface area contributed by atoms with Crippen molar-refractivity contribution in [2.75, 3.05) is 6.26 Å². The average molecular weight is 494 g/mol. The molecule has 11 heteroatoms. The summed E-state index contributed by atoms with van der Waals surface area (Å²) in [5, 5.41) is 4.52. The molecule has 7 nitrogen and oxygen atoms in total. The van der Waals surface area contributed by atoms with Gasteiger partial charge in [0.2, 0.25) is 0 Å². The molecule has 0 fully saturated rings. The largest absolute Gasteiger partial charge is 0.480 e. The Morgan fingerprint density at radius 2 is 1.85 bits per heavy atom. The summed E-state index contributed by atoms with van der Waals surface area (Å²) >= 11 is 0. The van der Waals surface area contributed by atoms with Gasteiger partial charge in [0.15, 0.2) is 15.9 Å². The first kappa shape index (κ1) is 23.8. The highest BCUT2D eigenvalue weighted by molar-refractivity contribution is 7.90. The van der Waals surface area contributed by atoms with Gasteiger partial charge in [0, 0.05) is 24.6 Å². The quantitative estimate of drug-likeness (QED) is 0.522. The lowest BCUT2D eigenvalue weighted by Gasteiger charge is -2.22. The molecular weight excluding hydrogens is 471 g/mol. The smallest absolute Gasteiger partial charge is 0.425 e. The molecule has 1 atom stereocenters. The fraction of sp³-hybridized carbons (Fsp3) is 0.304. The van der Waals surface area contributed by atoms with Gasteiger partial charge in [-0.3, -0.25) is 9.48 Å². The minimum atomic E-state index is -4.65. The van der Waals surface area contributed by atoms with Gasteiger partial charge < -0.3 is 9.64 Å². The normalized spacial score (nSPS) is 14.7. The van der Waals surface area contributed by atoms with E-state index in [1.165, 1.54) is 4.90 Å². The lowest BCUT2D eigenvalue weighted by atomic mass is 10.1. The molecule has 0 saturated carbocycles. The molecule has 0 spiro atoms. The van der Waals surface area contributed by atoms with E-state index in [1.807, 2.05) is 36.5 Å². The second-order valence-corrected chi connectivity index (χ2v) is 10.2. The molecule has 1 aliphatic heterocycles. The molecule has 180 valence electrons. The second-order valence-electron chi connectivity index (χ2n) is 8.18. The number of fused-ring (bicyclic) bond motifs is 1. The van der Waals surface area contributed by atoms with E-state index < -0.39 is 28.0 Å². The number of carbonyl (C=O) groups excluding carboxylic acids is 1. The molecule has 0 N–H and O–H groups in total. The van der Waals surface area contributed by atoms with Crippen LogP contribution in [0.4, 0.5) is 13.2 Å². The molecule has 3 aromatic rings. The van der Waals surface area contributed by atoms with Gasteiger partial charge in [-0.15, -0.1) is 0 Å². The number of rotatable bonds is 6. The van der Waals surface area contributed by atoms with E-state index in [4.69, 9.17) is 4.74 Å². The first-order valence-electron chi connectivity index (χ1n) is 10.4. The summed E-state index contributed by atoms with van der Waals surface area (Å²) in [7, 11) is -3.70. The summed E-state index contributed by atoms with van der Waals surface area (Å²) in [5.74, 6) is -0.969. The van der Waals surface area contributed by atoms with E-state index in [9.17, 15) is 26.4 Å². The Bertz CT molecular complexity index is 1300. The molecule has 0 aliphatic carbocycles. The van der Waals surface area contributed by atoms with Crippen molar-refractivity contribution in [1.29, 1.82) is 0 Å². The van der Waals surface area contributed by atoms with Crippen LogP contribution in [0, 0.1) is 0 Å². The van der Waals surface area contributed by atoms with Crippen molar-refractivity contribution in [3.63, 3.8) is 0 Å². The number of benzene rings is 2. The van der Waals surface area contributed by atoms with Crippen molar-refractivity contribution < 1.29 is 31.1 Å². The zero-order valence-electron chi connectivity index (χ0n) is 18.4. The van der Waals surface area contributed by atoms with Crippen LogP contribution in [0.5, 0.6) is 5.75 Å². The van der Waals surface area contributed by atoms with Gasteiger partial charge in [-0.1, -0.05) is 30.3 Å². The number of hydrogen-bond donors (Lipinski definition) is 0. The predicted molar refractivity (Wildman–Crippen MR) is 117 cm³/mol. The van der Waals surface area contributed by atoms with E-state index in [-0.39, 0.29) is 29.3 Å². The summed E-state index contributed by atoms with van der Waals surface area (Å²) in [6.45, 7) is 1.72. The first-order valence-corrected chi connectivity index (χ1v) is 12.3. The third-order valence-corrected chi connectivity index (χ3v) is 6.59. The second kappa shape index (κ2) is 8.79. The molecule has 0 unspecified atom stereocenters. The van der Waals surface area contributed by atoms with Crippen LogP contribution >= 0.6 is 0 Å². The van der Waals surface area contributed by atoms with Crippen LogP contribution in [-0.4, -0.2) is 47.5 Å². The Balaban J connectivity index is 1.57. The highest BCUT2D eigenvalue weighted by Gasteiger charge is 2.39. The van der Waals surface area contributed by atoms with E-state index >= 15 is 0 Å². The van der Waals surface area contributed by atoms with Crippen molar-refractivity contribution in [3.05, 3.63) is 77.1 Å². The van der Waals surface area contributed by atoms with Gasteiger partial charge in [-0.2, -0.15) is 18.3 Å². The molecule has 1 aromatic heterocycles. The monoisotopic (exact) mass is 493 g/mol. The average Bonchev–Trinajstić information content (AvgIpc) is 3.31. The highest BCUT2D eigenvalue weighted by atomic mass is 32.2. The molecule has 0 saturated heterocycles. The van der Waals surface area contributed by atoms with Gasteiger partial charge in [0.05, 0.1) is 29.2 Å². The lowest BCUT2D eigenvalue weighted by Crippen LogP contribution is -2.33. The molecule has 1 amide bonds. The van der Waals surface area contributed by atoms with Crippen molar-refractivity contribution in [3.8, 4) is 5.75 Å². The molecular formula is C23H22F3N3O4S.